The third kappa shape index (κ3) is 2.76. The lowest BCUT2D eigenvalue weighted by atomic mass is 10.0. The van der Waals surface area contributed by atoms with E-state index in [2.05, 4.69) is 4.98 Å². The Morgan fingerprint density at radius 2 is 1.95 bits per heavy atom. The zero-order valence-corrected chi connectivity index (χ0v) is 10.9. The number of aliphatic hydroxyl groups excluding tert-OH is 1. The van der Waals surface area contributed by atoms with Gasteiger partial charge < -0.3 is 9.84 Å². The summed E-state index contributed by atoms with van der Waals surface area (Å²) in [6, 6.07) is 11.4. The second kappa shape index (κ2) is 5.02. The van der Waals surface area contributed by atoms with Crippen LogP contribution in [-0.2, 0) is 0 Å². The van der Waals surface area contributed by atoms with Gasteiger partial charge in [0.1, 0.15) is 11.9 Å². The molecular weight excluding hydrogens is 238 g/mol. The van der Waals surface area contributed by atoms with Crippen molar-refractivity contribution in [2.75, 3.05) is 0 Å². The molecule has 1 atom stereocenters. The number of ether oxygens (including phenoxy) is 1. The highest BCUT2D eigenvalue weighted by atomic mass is 16.5. The lowest BCUT2D eigenvalue weighted by molar-refractivity contribution is 0.214. The lowest BCUT2D eigenvalue weighted by Crippen LogP contribution is -2.04. The van der Waals surface area contributed by atoms with Crippen LogP contribution < -0.4 is 4.74 Å². The van der Waals surface area contributed by atoms with Gasteiger partial charge in [-0.25, -0.2) is 0 Å². The Bertz CT molecular complexity index is 561. The van der Waals surface area contributed by atoms with Crippen LogP contribution in [-0.4, -0.2) is 16.2 Å². The van der Waals surface area contributed by atoms with Gasteiger partial charge in [0.05, 0.1) is 11.8 Å². The van der Waals surface area contributed by atoms with Crippen molar-refractivity contribution in [3.05, 3.63) is 59.4 Å². The van der Waals surface area contributed by atoms with E-state index in [4.69, 9.17) is 4.74 Å². The summed E-state index contributed by atoms with van der Waals surface area (Å²) >= 11 is 0. The van der Waals surface area contributed by atoms with Gasteiger partial charge in [0.2, 0.25) is 0 Å². The van der Waals surface area contributed by atoms with Gasteiger partial charge in [-0.1, -0.05) is 18.2 Å². The van der Waals surface area contributed by atoms with Crippen molar-refractivity contribution in [2.45, 2.75) is 32.0 Å². The Hall–Kier alpha value is -1.87. The summed E-state index contributed by atoms with van der Waals surface area (Å²) in [5.74, 6) is 0.871. The standard InChI is InChI=1S/C16H17NO2/c1-11-3-2-10-17-15(11)16(18)12-4-6-13(7-5-12)19-14-8-9-14/h2-7,10,14,16,18H,8-9H2,1H3. The summed E-state index contributed by atoms with van der Waals surface area (Å²) < 4.78 is 5.69. The largest absolute Gasteiger partial charge is 0.490 e. The Morgan fingerprint density at radius 3 is 2.58 bits per heavy atom. The normalized spacial score (nSPS) is 16.1. The molecule has 0 saturated heterocycles. The van der Waals surface area contributed by atoms with Crippen LogP contribution >= 0.6 is 0 Å². The zero-order chi connectivity index (χ0) is 13.2. The summed E-state index contributed by atoms with van der Waals surface area (Å²) in [6.07, 6.45) is 3.72. The molecule has 0 amide bonds. The van der Waals surface area contributed by atoms with Crippen LogP contribution in [0.25, 0.3) is 0 Å². The van der Waals surface area contributed by atoms with Crippen molar-refractivity contribution in [1.82, 2.24) is 4.98 Å². The molecule has 0 radical (unpaired) electrons. The molecule has 1 aliphatic carbocycles. The van der Waals surface area contributed by atoms with E-state index in [9.17, 15) is 5.11 Å². The molecule has 0 bridgehead atoms. The van der Waals surface area contributed by atoms with Gasteiger partial charge in [-0.15, -0.1) is 0 Å². The van der Waals surface area contributed by atoms with E-state index in [0.29, 0.717) is 11.8 Å². The smallest absolute Gasteiger partial charge is 0.121 e. The van der Waals surface area contributed by atoms with Gasteiger partial charge in [0.25, 0.3) is 0 Å². The first-order valence-corrected chi connectivity index (χ1v) is 6.60. The molecule has 19 heavy (non-hydrogen) atoms. The van der Waals surface area contributed by atoms with Gasteiger partial charge in [-0.05, 0) is 49.1 Å². The van der Waals surface area contributed by atoms with Gasteiger partial charge in [-0.2, -0.15) is 0 Å². The number of aromatic nitrogens is 1. The average molecular weight is 255 g/mol. The SMILES string of the molecule is Cc1cccnc1C(O)c1ccc(OC2CC2)cc1. The quantitative estimate of drug-likeness (QED) is 0.913. The highest BCUT2D eigenvalue weighted by Crippen LogP contribution is 2.29. The third-order valence-electron chi connectivity index (χ3n) is 3.33. The summed E-state index contributed by atoms with van der Waals surface area (Å²) in [4.78, 5) is 4.25. The number of nitrogens with zero attached hydrogens (tertiary/aromatic N) is 1. The van der Waals surface area contributed by atoms with Crippen molar-refractivity contribution < 1.29 is 9.84 Å². The van der Waals surface area contributed by atoms with Crippen molar-refractivity contribution in [3.63, 3.8) is 0 Å². The number of rotatable bonds is 4. The van der Waals surface area contributed by atoms with Crippen LogP contribution in [0.4, 0.5) is 0 Å². The van der Waals surface area contributed by atoms with E-state index in [1.165, 1.54) is 0 Å². The highest BCUT2D eigenvalue weighted by Gasteiger charge is 2.23. The molecular formula is C16H17NO2. The molecule has 1 saturated carbocycles. The third-order valence-corrected chi connectivity index (χ3v) is 3.33. The van der Waals surface area contributed by atoms with Crippen molar-refractivity contribution in [2.24, 2.45) is 0 Å². The summed E-state index contributed by atoms with van der Waals surface area (Å²) in [5, 5.41) is 10.4. The Morgan fingerprint density at radius 1 is 1.21 bits per heavy atom. The molecule has 3 nitrogen and oxygen atoms in total. The maximum Gasteiger partial charge on any atom is 0.121 e. The molecule has 1 aliphatic rings. The molecule has 3 rings (SSSR count). The topological polar surface area (TPSA) is 42.4 Å². The number of benzene rings is 1. The number of hydrogen-bond acceptors (Lipinski definition) is 3. The summed E-state index contributed by atoms with van der Waals surface area (Å²) in [5.41, 5.74) is 2.54. The molecule has 1 fully saturated rings. The Labute approximate surface area is 112 Å². The molecule has 98 valence electrons. The van der Waals surface area contributed by atoms with Crippen molar-refractivity contribution in [3.8, 4) is 5.75 Å². The minimum atomic E-state index is -0.684. The van der Waals surface area contributed by atoms with Gasteiger partial charge in [0.15, 0.2) is 0 Å². The summed E-state index contributed by atoms with van der Waals surface area (Å²) in [7, 11) is 0. The van der Waals surface area contributed by atoms with Crippen LogP contribution in [0, 0.1) is 6.92 Å². The summed E-state index contributed by atoms with van der Waals surface area (Å²) in [6.45, 7) is 1.95. The van der Waals surface area contributed by atoms with E-state index in [-0.39, 0.29) is 0 Å². The first-order valence-electron chi connectivity index (χ1n) is 6.60. The van der Waals surface area contributed by atoms with E-state index >= 15 is 0 Å². The molecule has 3 heteroatoms. The Kier molecular flexibility index (Phi) is 3.22. The molecule has 2 aromatic rings. The predicted octanol–water partition coefficient (Wildman–Crippen LogP) is 3.01. The fourth-order valence-corrected chi connectivity index (χ4v) is 2.05. The second-order valence-corrected chi connectivity index (χ2v) is 4.99. The minimum Gasteiger partial charge on any atom is -0.490 e. The predicted molar refractivity (Wildman–Crippen MR) is 73.1 cm³/mol. The van der Waals surface area contributed by atoms with Crippen LogP contribution in [0.1, 0.15) is 35.8 Å². The number of aliphatic hydroxyl groups is 1. The van der Waals surface area contributed by atoms with Crippen molar-refractivity contribution >= 4 is 0 Å². The van der Waals surface area contributed by atoms with E-state index in [1.54, 1.807) is 6.20 Å². The number of pyridine rings is 1. The Balaban J connectivity index is 1.79. The van der Waals surface area contributed by atoms with Crippen LogP contribution in [0.2, 0.25) is 0 Å². The fraction of sp³-hybridized carbons (Fsp3) is 0.312. The molecule has 0 spiro atoms. The molecule has 1 unspecified atom stereocenters. The fourth-order valence-electron chi connectivity index (χ4n) is 2.05. The minimum absolute atomic E-state index is 0.397. The van der Waals surface area contributed by atoms with E-state index in [0.717, 1.165) is 29.7 Å². The maximum atomic E-state index is 10.4. The van der Waals surface area contributed by atoms with E-state index < -0.39 is 6.10 Å². The monoisotopic (exact) mass is 255 g/mol. The van der Waals surface area contributed by atoms with E-state index in [1.807, 2.05) is 43.3 Å². The van der Waals surface area contributed by atoms with Crippen molar-refractivity contribution in [1.29, 1.82) is 0 Å². The van der Waals surface area contributed by atoms with Crippen LogP contribution in [0.15, 0.2) is 42.6 Å². The first kappa shape index (κ1) is 12.2. The molecule has 1 aromatic heterocycles. The highest BCUT2D eigenvalue weighted by molar-refractivity contribution is 5.34. The number of hydrogen-bond donors (Lipinski definition) is 1. The van der Waals surface area contributed by atoms with Gasteiger partial charge in [-0.3, -0.25) is 4.98 Å². The van der Waals surface area contributed by atoms with Gasteiger partial charge in [0, 0.05) is 6.20 Å². The molecule has 0 aliphatic heterocycles. The van der Waals surface area contributed by atoms with Gasteiger partial charge >= 0.3 is 0 Å². The molecule has 1 heterocycles. The average Bonchev–Trinajstić information content (AvgIpc) is 3.23. The maximum absolute atomic E-state index is 10.4. The van der Waals surface area contributed by atoms with Crippen LogP contribution in [0.3, 0.4) is 0 Å². The lowest BCUT2D eigenvalue weighted by Gasteiger charge is -2.13. The zero-order valence-electron chi connectivity index (χ0n) is 10.9. The van der Waals surface area contributed by atoms with Crippen LogP contribution in [0.5, 0.6) is 5.75 Å². The first-order chi connectivity index (χ1) is 9.24. The number of aryl methyl sites for hydroxylation is 1. The molecule has 1 N–H and O–H groups in total. The second-order valence-electron chi connectivity index (χ2n) is 4.99. The molecule has 1 aromatic carbocycles.